The van der Waals surface area contributed by atoms with Crippen molar-refractivity contribution in [2.24, 2.45) is 4.99 Å². The van der Waals surface area contributed by atoms with Gasteiger partial charge in [-0.15, -0.1) is 0 Å². The Morgan fingerprint density at radius 1 is 1.07 bits per heavy atom. The molecule has 9 heteroatoms. The minimum atomic E-state index is -0.683. The molecule has 0 spiro atoms. The minimum absolute atomic E-state index is 0.231. The molecule has 0 saturated carbocycles. The van der Waals surface area contributed by atoms with E-state index in [9.17, 15) is 9.59 Å². The second kappa shape index (κ2) is 11.0. The quantitative estimate of drug-likeness (QED) is 0.380. The van der Waals surface area contributed by atoms with Gasteiger partial charge in [-0.2, -0.15) is 0 Å². The lowest BCUT2D eigenvalue weighted by atomic mass is 9.95. The summed E-state index contributed by atoms with van der Waals surface area (Å²) in [5, 5.41) is 2.97. The van der Waals surface area contributed by atoms with Crippen LogP contribution in [0, 0.1) is 0 Å². The van der Waals surface area contributed by atoms with E-state index in [1.807, 2.05) is 73.7 Å². The second-order valence-corrected chi connectivity index (χ2v) is 10.9. The molecule has 1 amide bonds. The average molecular weight is 555 g/mol. The number of anilines is 2. The lowest BCUT2D eigenvalue weighted by molar-refractivity contribution is -0.113. The Hall–Kier alpha value is -4.37. The van der Waals surface area contributed by atoms with Crippen molar-refractivity contribution in [2.75, 3.05) is 30.4 Å². The van der Waals surface area contributed by atoms with Gasteiger partial charge in [-0.25, -0.2) is 4.99 Å². The number of carbonyl (C=O) groups is 1. The first kappa shape index (κ1) is 25.9. The molecule has 4 heterocycles. The number of ether oxygens (including phenoxy) is 1. The van der Waals surface area contributed by atoms with Crippen LogP contribution < -0.4 is 29.8 Å². The van der Waals surface area contributed by atoms with Crippen LogP contribution in [0.4, 0.5) is 11.6 Å². The number of nitrogens with zero attached hydrogens (tertiary/aromatic N) is 3. The van der Waals surface area contributed by atoms with Crippen molar-refractivity contribution in [1.82, 2.24) is 4.57 Å². The van der Waals surface area contributed by atoms with Crippen molar-refractivity contribution in [2.45, 2.75) is 32.2 Å². The van der Waals surface area contributed by atoms with Crippen molar-refractivity contribution in [3.8, 4) is 5.75 Å². The maximum absolute atomic E-state index is 13.9. The monoisotopic (exact) mass is 554 g/mol. The average Bonchev–Trinajstić information content (AvgIpc) is 3.57. The number of para-hydroxylation sites is 1. The van der Waals surface area contributed by atoms with Gasteiger partial charge in [-0.05, 0) is 62.1 Å². The molecule has 0 radical (unpaired) electrons. The molecule has 2 aromatic heterocycles. The third kappa shape index (κ3) is 5.00. The first-order valence-electron chi connectivity index (χ1n) is 13.4. The number of rotatable bonds is 6. The number of fused-ring (bicyclic) bond motifs is 1. The van der Waals surface area contributed by atoms with Crippen molar-refractivity contribution in [1.29, 1.82) is 0 Å². The van der Waals surface area contributed by atoms with Crippen LogP contribution in [0.3, 0.4) is 0 Å². The third-order valence-corrected chi connectivity index (χ3v) is 8.24. The van der Waals surface area contributed by atoms with Crippen molar-refractivity contribution < 1.29 is 13.9 Å². The van der Waals surface area contributed by atoms with Gasteiger partial charge in [0, 0.05) is 30.9 Å². The highest BCUT2D eigenvalue weighted by atomic mass is 32.1. The van der Waals surface area contributed by atoms with E-state index in [-0.39, 0.29) is 11.5 Å². The summed E-state index contributed by atoms with van der Waals surface area (Å²) in [5.74, 6) is 1.76. The first-order valence-corrected chi connectivity index (χ1v) is 14.2. The molecule has 1 atom stereocenters. The molecule has 2 aliphatic rings. The van der Waals surface area contributed by atoms with Crippen LogP contribution in [0.25, 0.3) is 6.08 Å². The summed E-state index contributed by atoms with van der Waals surface area (Å²) in [7, 11) is 1.59. The normalized spacial score (nSPS) is 17.4. The number of carbonyl (C=O) groups excluding carboxylic acids is 1. The molecular weight excluding hydrogens is 524 g/mol. The molecule has 0 bridgehead atoms. The lowest BCUT2D eigenvalue weighted by Gasteiger charge is -2.25. The Morgan fingerprint density at radius 2 is 1.88 bits per heavy atom. The van der Waals surface area contributed by atoms with Crippen molar-refractivity contribution in [3.05, 3.63) is 109 Å². The number of piperidine rings is 1. The van der Waals surface area contributed by atoms with E-state index in [1.165, 1.54) is 17.8 Å². The Bertz CT molecular complexity index is 1760. The molecule has 1 N–H and O–H groups in total. The molecular formula is C31H30N4O4S. The summed E-state index contributed by atoms with van der Waals surface area (Å²) >= 11 is 1.29. The van der Waals surface area contributed by atoms with Gasteiger partial charge in [-0.3, -0.25) is 14.2 Å². The Kier molecular flexibility index (Phi) is 7.13. The fourth-order valence-electron chi connectivity index (χ4n) is 5.29. The summed E-state index contributed by atoms with van der Waals surface area (Å²) < 4.78 is 13.7. The summed E-state index contributed by atoms with van der Waals surface area (Å²) in [5.41, 5.74) is 2.15. The zero-order valence-corrected chi connectivity index (χ0v) is 23.2. The van der Waals surface area contributed by atoms with Gasteiger partial charge in [-0.1, -0.05) is 41.7 Å². The van der Waals surface area contributed by atoms with Crippen LogP contribution >= 0.6 is 11.3 Å². The molecule has 0 aliphatic carbocycles. The Balaban J connectivity index is 1.44. The summed E-state index contributed by atoms with van der Waals surface area (Å²) in [6.07, 6.45) is 5.31. The number of allylic oxidation sites excluding steroid dienone is 1. The van der Waals surface area contributed by atoms with Crippen LogP contribution in [0.5, 0.6) is 5.75 Å². The van der Waals surface area contributed by atoms with Gasteiger partial charge in [0.05, 0.1) is 29.0 Å². The maximum atomic E-state index is 13.9. The lowest BCUT2D eigenvalue weighted by Crippen LogP contribution is -2.40. The molecule has 1 saturated heterocycles. The van der Waals surface area contributed by atoms with Crippen LogP contribution in [0.2, 0.25) is 0 Å². The number of methoxy groups -OCH3 is 1. The highest BCUT2D eigenvalue weighted by molar-refractivity contribution is 7.07. The van der Waals surface area contributed by atoms with Crippen LogP contribution in [0.1, 0.15) is 43.6 Å². The van der Waals surface area contributed by atoms with E-state index in [0.717, 1.165) is 37.4 Å². The van der Waals surface area contributed by atoms with Crippen LogP contribution in [-0.4, -0.2) is 30.7 Å². The van der Waals surface area contributed by atoms with Gasteiger partial charge in [0.15, 0.2) is 10.7 Å². The molecule has 2 aromatic carbocycles. The number of nitrogens with one attached hydrogen (secondary N) is 1. The SMILES string of the molecule is COc1cccc([C@@H]2C(C(=O)Nc3ccccc3)=C(C)N=c3sc(=Cc4ccc(N5CCCCC5)o4)c(=O)n32)c1. The molecule has 40 heavy (non-hydrogen) atoms. The smallest absolute Gasteiger partial charge is 0.271 e. The maximum Gasteiger partial charge on any atom is 0.271 e. The van der Waals surface area contributed by atoms with Gasteiger partial charge in [0.2, 0.25) is 0 Å². The summed E-state index contributed by atoms with van der Waals surface area (Å²) in [6.45, 7) is 3.76. The molecule has 204 valence electrons. The second-order valence-electron chi connectivity index (χ2n) is 9.90. The standard InChI is InChI=1S/C31H30N4O4S/c1-20-27(29(36)33-22-11-5-3-6-12-22)28(21-10-9-13-23(18-21)38-2)35-30(37)25(40-31(35)32-20)19-24-14-15-26(39-24)34-16-7-4-8-17-34/h3,5-6,9-15,18-19,28H,4,7-8,16-17H2,1-2H3,(H,33,36)/t28-/m1/s1. The minimum Gasteiger partial charge on any atom is -0.497 e. The van der Waals surface area contributed by atoms with E-state index in [2.05, 4.69) is 10.2 Å². The van der Waals surface area contributed by atoms with Crippen molar-refractivity contribution in [3.63, 3.8) is 0 Å². The molecule has 2 aliphatic heterocycles. The number of furan rings is 1. The topological polar surface area (TPSA) is 89.1 Å². The number of aromatic nitrogens is 1. The van der Waals surface area contributed by atoms with E-state index >= 15 is 0 Å². The number of thiazole rings is 1. The fourth-order valence-corrected chi connectivity index (χ4v) is 6.32. The van der Waals surface area contributed by atoms with E-state index in [0.29, 0.717) is 37.8 Å². The number of benzene rings is 2. The molecule has 6 rings (SSSR count). The van der Waals surface area contributed by atoms with E-state index < -0.39 is 6.04 Å². The predicted octanol–water partition coefficient (Wildman–Crippen LogP) is 4.47. The highest BCUT2D eigenvalue weighted by Gasteiger charge is 2.33. The summed E-state index contributed by atoms with van der Waals surface area (Å²) in [6, 6.07) is 19.9. The highest BCUT2D eigenvalue weighted by Crippen LogP contribution is 2.32. The zero-order valence-electron chi connectivity index (χ0n) is 22.4. The number of hydrogen-bond donors (Lipinski definition) is 1. The van der Waals surface area contributed by atoms with Gasteiger partial charge in [0.25, 0.3) is 11.5 Å². The fraction of sp³-hybridized carbons (Fsp3) is 0.258. The van der Waals surface area contributed by atoms with Gasteiger partial charge in [0.1, 0.15) is 11.5 Å². The predicted molar refractivity (Wildman–Crippen MR) is 157 cm³/mol. The Morgan fingerprint density at radius 3 is 2.65 bits per heavy atom. The van der Waals surface area contributed by atoms with E-state index in [4.69, 9.17) is 14.1 Å². The molecule has 0 unspecified atom stereocenters. The van der Waals surface area contributed by atoms with Crippen molar-refractivity contribution >= 4 is 34.9 Å². The summed E-state index contributed by atoms with van der Waals surface area (Å²) in [4.78, 5) is 35.1. The van der Waals surface area contributed by atoms with E-state index in [1.54, 1.807) is 17.8 Å². The first-order chi connectivity index (χ1) is 19.5. The Labute approximate surface area is 235 Å². The number of hydrogen-bond acceptors (Lipinski definition) is 7. The third-order valence-electron chi connectivity index (χ3n) is 7.26. The largest absolute Gasteiger partial charge is 0.497 e. The number of amides is 1. The van der Waals surface area contributed by atoms with Gasteiger partial charge < -0.3 is 19.4 Å². The molecule has 8 nitrogen and oxygen atoms in total. The van der Waals surface area contributed by atoms with Crippen LogP contribution in [-0.2, 0) is 4.79 Å². The van der Waals surface area contributed by atoms with Crippen LogP contribution in [0.15, 0.2) is 92.2 Å². The zero-order chi connectivity index (χ0) is 27.6. The molecule has 4 aromatic rings. The van der Waals surface area contributed by atoms with Gasteiger partial charge >= 0.3 is 0 Å². The molecule has 1 fully saturated rings.